The van der Waals surface area contributed by atoms with Crippen LogP contribution in [0, 0.1) is 13.8 Å². The molecule has 102 valence electrons. The fraction of sp³-hybridized carbons (Fsp3) is 0.182. The predicted molar refractivity (Wildman–Crippen MR) is 75.8 cm³/mol. The molecular weight excluding hydrogens is 331 g/mol. The van der Waals surface area contributed by atoms with Gasteiger partial charge in [0.2, 0.25) is 0 Å². The Balaban J connectivity index is 2.70. The normalized spacial score (nSPS) is 11.8. The highest BCUT2D eigenvalue weighted by molar-refractivity contribution is 7.90. The van der Waals surface area contributed by atoms with Gasteiger partial charge in [-0.25, -0.2) is 0 Å². The van der Waals surface area contributed by atoms with Gasteiger partial charge in [0.05, 0.1) is 26.5 Å². The summed E-state index contributed by atoms with van der Waals surface area (Å²) >= 11 is 17.6. The highest BCUT2D eigenvalue weighted by atomic mass is 35.5. The topological polar surface area (TPSA) is 52.0 Å². The summed E-state index contributed by atoms with van der Waals surface area (Å²) in [7, 11) is -3.89. The summed E-state index contributed by atoms with van der Waals surface area (Å²) in [5.41, 5.74) is 1.08. The lowest BCUT2D eigenvalue weighted by Gasteiger charge is -2.09. The van der Waals surface area contributed by atoms with Gasteiger partial charge in [-0.2, -0.15) is 17.6 Å². The van der Waals surface area contributed by atoms with Crippen molar-refractivity contribution >= 4 is 44.8 Å². The summed E-state index contributed by atoms with van der Waals surface area (Å²) in [6.07, 6.45) is 0. The molecule has 19 heavy (non-hydrogen) atoms. The molecule has 0 N–H and O–H groups in total. The van der Waals surface area contributed by atoms with Crippen LogP contribution < -0.4 is 0 Å². The van der Waals surface area contributed by atoms with Crippen molar-refractivity contribution < 1.29 is 8.42 Å². The van der Waals surface area contributed by atoms with Gasteiger partial charge < -0.3 is 0 Å². The van der Waals surface area contributed by atoms with Crippen LogP contribution in [0.4, 0.5) is 0 Å². The molecule has 2 aromatic rings. The molecule has 0 spiro atoms. The van der Waals surface area contributed by atoms with Crippen LogP contribution in [-0.2, 0) is 10.0 Å². The van der Waals surface area contributed by atoms with Crippen LogP contribution in [0.3, 0.4) is 0 Å². The quantitative estimate of drug-likeness (QED) is 0.784. The summed E-state index contributed by atoms with van der Waals surface area (Å²) in [6, 6.07) is 4.17. The van der Waals surface area contributed by atoms with Gasteiger partial charge in [0.1, 0.15) is 4.90 Å². The number of benzene rings is 1. The lowest BCUT2D eigenvalue weighted by molar-refractivity contribution is 0.578. The molecule has 0 radical (unpaired) electrons. The molecule has 0 unspecified atom stereocenters. The second-order valence-corrected chi connectivity index (χ2v) is 6.93. The average Bonchev–Trinajstić information content (AvgIpc) is 2.63. The molecule has 0 aliphatic heterocycles. The van der Waals surface area contributed by atoms with Gasteiger partial charge in [-0.15, -0.1) is 0 Å². The van der Waals surface area contributed by atoms with Crippen molar-refractivity contribution in [3.63, 3.8) is 0 Å². The molecular formula is C11H9Cl3N2O2S. The second kappa shape index (κ2) is 4.98. The minimum atomic E-state index is -3.89. The highest BCUT2D eigenvalue weighted by Gasteiger charge is 2.24. The molecule has 4 nitrogen and oxygen atoms in total. The highest BCUT2D eigenvalue weighted by Crippen LogP contribution is 2.32. The van der Waals surface area contributed by atoms with E-state index in [2.05, 4.69) is 5.10 Å². The van der Waals surface area contributed by atoms with Crippen molar-refractivity contribution in [1.29, 1.82) is 0 Å². The number of aromatic nitrogens is 2. The molecule has 2 rings (SSSR count). The number of hydrogen-bond donors (Lipinski definition) is 0. The van der Waals surface area contributed by atoms with Crippen molar-refractivity contribution in [3.8, 4) is 0 Å². The maximum Gasteiger partial charge on any atom is 0.284 e. The van der Waals surface area contributed by atoms with E-state index in [0.29, 0.717) is 11.4 Å². The molecule has 0 aliphatic carbocycles. The first kappa shape index (κ1) is 14.7. The van der Waals surface area contributed by atoms with Crippen LogP contribution in [0.25, 0.3) is 0 Å². The third-order valence-corrected chi connectivity index (χ3v) is 5.31. The molecule has 0 saturated carbocycles. The number of nitrogens with zero attached hydrogens (tertiary/aromatic N) is 2. The van der Waals surface area contributed by atoms with Crippen LogP contribution in [0.5, 0.6) is 0 Å². The lowest BCUT2D eigenvalue weighted by atomic mass is 10.4. The van der Waals surface area contributed by atoms with Gasteiger partial charge in [-0.3, -0.25) is 0 Å². The molecule has 0 fully saturated rings. The second-order valence-electron chi connectivity index (χ2n) is 3.97. The minimum Gasteiger partial charge on any atom is -0.199 e. The Morgan fingerprint density at radius 3 is 2.11 bits per heavy atom. The predicted octanol–water partition coefficient (Wildman–Crippen LogP) is 3.70. The van der Waals surface area contributed by atoms with E-state index in [-0.39, 0.29) is 20.0 Å². The van der Waals surface area contributed by atoms with Gasteiger partial charge in [0.25, 0.3) is 10.0 Å². The zero-order chi connectivity index (χ0) is 14.4. The zero-order valence-corrected chi connectivity index (χ0v) is 13.1. The summed E-state index contributed by atoms with van der Waals surface area (Å²) in [5, 5.41) is 4.26. The molecule has 8 heteroatoms. The Labute approximate surface area is 125 Å². The first-order chi connectivity index (χ1) is 8.73. The molecule has 0 amide bonds. The Bertz CT molecular complexity index is 754. The van der Waals surface area contributed by atoms with Crippen LogP contribution >= 0.6 is 34.8 Å². The van der Waals surface area contributed by atoms with Gasteiger partial charge in [-0.05, 0) is 32.0 Å². The fourth-order valence-electron chi connectivity index (χ4n) is 1.65. The van der Waals surface area contributed by atoms with Crippen LogP contribution in [0.1, 0.15) is 11.4 Å². The van der Waals surface area contributed by atoms with E-state index in [9.17, 15) is 8.42 Å². The Hall–Kier alpha value is -0.750. The molecule has 1 heterocycles. The summed E-state index contributed by atoms with van der Waals surface area (Å²) in [5.74, 6) is 0. The van der Waals surface area contributed by atoms with Gasteiger partial charge in [-0.1, -0.05) is 34.8 Å². The van der Waals surface area contributed by atoms with E-state index in [1.165, 1.54) is 12.1 Å². The zero-order valence-electron chi connectivity index (χ0n) is 9.99. The first-order valence-electron chi connectivity index (χ1n) is 5.17. The third kappa shape index (κ3) is 2.60. The van der Waals surface area contributed by atoms with E-state index in [0.717, 1.165) is 4.09 Å². The van der Waals surface area contributed by atoms with Gasteiger partial charge >= 0.3 is 0 Å². The minimum absolute atomic E-state index is 0.00181. The van der Waals surface area contributed by atoms with E-state index >= 15 is 0 Å². The summed E-state index contributed by atoms with van der Waals surface area (Å²) in [4.78, 5) is -0.130. The van der Waals surface area contributed by atoms with Crippen LogP contribution in [-0.4, -0.2) is 17.6 Å². The molecule has 1 aromatic carbocycles. The number of rotatable bonds is 2. The average molecular weight is 340 g/mol. The standard InChI is InChI=1S/C11H9Cl3N2O2S/c1-6-3-7(2)16(15-6)19(17,18)11-5-9(13)8(12)4-10(11)14/h3-5H,1-2H3. The molecule has 1 aromatic heterocycles. The van der Waals surface area contributed by atoms with Crippen molar-refractivity contribution in [3.05, 3.63) is 44.7 Å². The maximum atomic E-state index is 12.5. The van der Waals surface area contributed by atoms with Gasteiger partial charge in [0, 0.05) is 0 Å². The van der Waals surface area contributed by atoms with E-state index in [1.807, 2.05) is 0 Å². The van der Waals surface area contributed by atoms with Crippen molar-refractivity contribution in [2.45, 2.75) is 18.7 Å². The van der Waals surface area contributed by atoms with Crippen molar-refractivity contribution in [2.24, 2.45) is 0 Å². The summed E-state index contributed by atoms with van der Waals surface area (Å²) < 4.78 is 25.9. The number of halogens is 3. The van der Waals surface area contributed by atoms with Crippen LogP contribution in [0.15, 0.2) is 23.1 Å². The third-order valence-electron chi connectivity index (χ3n) is 2.45. The van der Waals surface area contributed by atoms with Crippen LogP contribution in [0.2, 0.25) is 15.1 Å². The fourth-order valence-corrected chi connectivity index (χ4v) is 3.98. The Morgan fingerprint density at radius 2 is 1.58 bits per heavy atom. The van der Waals surface area contributed by atoms with E-state index in [4.69, 9.17) is 34.8 Å². The monoisotopic (exact) mass is 338 g/mol. The molecule has 0 atom stereocenters. The van der Waals surface area contributed by atoms with Crippen molar-refractivity contribution in [2.75, 3.05) is 0 Å². The number of hydrogen-bond acceptors (Lipinski definition) is 3. The maximum absolute atomic E-state index is 12.5. The Morgan fingerprint density at radius 1 is 1.00 bits per heavy atom. The molecule has 0 aliphatic rings. The molecule has 0 bridgehead atoms. The Kier molecular flexibility index (Phi) is 3.84. The van der Waals surface area contributed by atoms with Crippen molar-refractivity contribution in [1.82, 2.24) is 9.19 Å². The largest absolute Gasteiger partial charge is 0.284 e. The van der Waals surface area contributed by atoms with E-state index in [1.54, 1.807) is 19.9 Å². The molecule has 0 saturated heterocycles. The van der Waals surface area contributed by atoms with E-state index < -0.39 is 10.0 Å². The smallest absolute Gasteiger partial charge is 0.199 e. The lowest BCUT2D eigenvalue weighted by Crippen LogP contribution is -2.16. The number of aryl methyl sites for hydroxylation is 2. The summed E-state index contributed by atoms with van der Waals surface area (Å²) in [6.45, 7) is 3.35. The SMILES string of the molecule is Cc1cc(C)n(S(=O)(=O)c2cc(Cl)c(Cl)cc2Cl)n1. The first-order valence-corrected chi connectivity index (χ1v) is 7.74. The van der Waals surface area contributed by atoms with Gasteiger partial charge in [0.15, 0.2) is 0 Å².